The molecule has 0 saturated carbocycles. The van der Waals surface area contributed by atoms with Crippen LogP contribution in [0.25, 0.3) is 10.9 Å². The van der Waals surface area contributed by atoms with Crippen molar-refractivity contribution in [2.75, 3.05) is 25.1 Å². The van der Waals surface area contributed by atoms with Gasteiger partial charge in [-0.3, -0.25) is 14.2 Å². The van der Waals surface area contributed by atoms with Crippen molar-refractivity contribution in [1.82, 2.24) is 4.57 Å². The Hall–Kier alpha value is -4.75. The minimum atomic E-state index is -0.363. The van der Waals surface area contributed by atoms with E-state index in [9.17, 15) is 9.59 Å². The summed E-state index contributed by atoms with van der Waals surface area (Å²) >= 11 is 6.65. The number of carbonyl (C=O) groups is 2. The first-order chi connectivity index (χ1) is 20.9. The number of halogens is 1. The number of ether oxygens (including phenoxy) is 3. The molecule has 6 rings (SSSR count). The van der Waals surface area contributed by atoms with Crippen LogP contribution < -0.4 is 14.4 Å². The number of hydrogen-bond donors (Lipinski definition) is 0. The molecule has 1 atom stereocenters. The molecule has 5 aromatic rings. The highest BCUT2D eigenvalue weighted by Crippen LogP contribution is 2.33. The second-order valence-corrected chi connectivity index (χ2v) is 11.0. The zero-order valence-electron chi connectivity index (χ0n) is 24.0. The molecule has 0 saturated heterocycles. The summed E-state index contributed by atoms with van der Waals surface area (Å²) in [5.41, 5.74) is 4.40. The summed E-state index contributed by atoms with van der Waals surface area (Å²) < 4.78 is 19.3. The molecular formula is C35H31ClN2O5. The van der Waals surface area contributed by atoms with E-state index in [1.165, 1.54) is 0 Å². The zero-order chi connectivity index (χ0) is 29.9. The molecule has 0 radical (unpaired) electrons. The Morgan fingerprint density at radius 2 is 1.70 bits per heavy atom. The number of anilines is 1. The normalized spacial score (nSPS) is 14.2. The Balaban J connectivity index is 1.18. The van der Waals surface area contributed by atoms with Crippen LogP contribution in [-0.2, 0) is 22.6 Å². The van der Waals surface area contributed by atoms with E-state index in [0.29, 0.717) is 35.7 Å². The number of fused-ring (bicyclic) bond motifs is 2. The van der Waals surface area contributed by atoms with Gasteiger partial charge in [-0.25, -0.2) is 0 Å². The molecule has 1 aliphatic heterocycles. The van der Waals surface area contributed by atoms with Gasteiger partial charge >= 0.3 is 5.97 Å². The first kappa shape index (κ1) is 28.4. The number of aromatic nitrogens is 1. The summed E-state index contributed by atoms with van der Waals surface area (Å²) in [7, 11) is 2.03. The van der Waals surface area contributed by atoms with Gasteiger partial charge in [0.2, 0.25) is 0 Å². The van der Waals surface area contributed by atoms with Crippen LogP contribution in [-0.4, -0.2) is 42.7 Å². The highest BCUT2D eigenvalue weighted by Gasteiger charge is 2.25. The summed E-state index contributed by atoms with van der Waals surface area (Å²) in [6.07, 6.45) is -0.116. The number of nitrogens with zero attached hydrogens (tertiary/aromatic N) is 2. The SMILES string of the molecule is Cc1c(CC(=O)OCc2ccccc2)c2ccccc2n1C(=O)c1ccc(OC[C@@H]2CN(C)c3ccccc3O2)cc1Cl. The minimum absolute atomic E-state index is 0.0445. The predicted octanol–water partition coefficient (Wildman–Crippen LogP) is 6.85. The third kappa shape index (κ3) is 5.94. The Kier molecular flexibility index (Phi) is 8.07. The molecule has 2 heterocycles. The molecule has 218 valence electrons. The third-order valence-corrected chi connectivity index (χ3v) is 7.98. The van der Waals surface area contributed by atoms with Crippen molar-refractivity contribution in [1.29, 1.82) is 0 Å². The monoisotopic (exact) mass is 594 g/mol. The molecule has 8 heteroatoms. The van der Waals surface area contributed by atoms with Gasteiger partial charge in [-0.2, -0.15) is 0 Å². The van der Waals surface area contributed by atoms with Crippen molar-refractivity contribution in [3.05, 3.63) is 124 Å². The van der Waals surface area contributed by atoms with Crippen LogP contribution in [0.1, 0.15) is 27.2 Å². The van der Waals surface area contributed by atoms with E-state index in [4.69, 9.17) is 25.8 Å². The average Bonchev–Trinajstić information content (AvgIpc) is 3.30. The maximum absolute atomic E-state index is 13.9. The minimum Gasteiger partial charge on any atom is -0.490 e. The molecule has 0 amide bonds. The number of hydrogen-bond acceptors (Lipinski definition) is 6. The number of esters is 1. The number of para-hydroxylation sites is 3. The molecule has 0 fully saturated rings. The predicted molar refractivity (Wildman–Crippen MR) is 167 cm³/mol. The van der Waals surface area contributed by atoms with Crippen molar-refractivity contribution < 1.29 is 23.8 Å². The molecular weight excluding hydrogens is 564 g/mol. The van der Waals surface area contributed by atoms with Crippen molar-refractivity contribution >= 4 is 40.1 Å². The summed E-state index contributed by atoms with van der Waals surface area (Å²) in [4.78, 5) is 28.8. The fourth-order valence-corrected chi connectivity index (χ4v) is 5.75. The lowest BCUT2D eigenvalue weighted by Gasteiger charge is -2.33. The maximum atomic E-state index is 13.9. The number of likely N-dealkylation sites (N-methyl/N-ethyl adjacent to an activating group) is 1. The fraction of sp³-hybridized carbons (Fsp3) is 0.200. The lowest BCUT2D eigenvalue weighted by atomic mass is 10.1. The van der Waals surface area contributed by atoms with Crippen LogP contribution in [0.4, 0.5) is 5.69 Å². The van der Waals surface area contributed by atoms with Crippen LogP contribution in [0, 0.1) is 6.92 Å². The van der Waals surface area contributed by atoms with Gasteiger partial charge in [0.25, 0.3) is 5.91 Å². The van der Waals surface area contributed by atoms with Crippen LogP contribution in [0.15, 0.2) is 97.1 Å². The Morgan fingerprint density at radius 3 is 2.51 bits per heavy atom. The largest absolute Gasteiger partial charge is 0.490 e. The average molecular weight is 595 g/mol. The van der Waals surface area contributed by atoms with Gasteiger partial charge in [0.05, 0.1) is 34.8 Å². The smallest absolute Gasteiger partial charge is 0.310 e. The molecule has 0 unspecified atom stereocenters. The van der Waals surface area contributed by atoms with Gasteiger partial charge in [-0.15, -0.1) is 0 Å². The van der Waals surface area contributed by atoms with Crippen LogP contribution in [0.3, 0.4) is 0 Å². The maximum Gasteiger partial charge on any atom is 0.310 e. The second-order valence-electron chi connectivity index (χ2n) is 10.6. The van der Waals surface area contributed by atoms with E-state index < -0.39 is 0 Å². The van der Waals surface area contributed by atoms with Crippen molar-refractivity contribution in [3.8, 4) is 11.5 Å². The Bertz CT molecular complexity index is 1800. The molecule has 1 aromatic heterocycles. The van der Waals surface area contributed by atoms with E-state index in [1.807, 2.05) is 92.8 Å². The van der Waals surface area contributed by atoms with Gasteiger partial charge in [-0.05, 0) is 54.4 Å². The van der Waals surface area contributed by atoms with E-state index in [-0.39, 0.29) is 36.0 Å². The first-order valence-corrected chi connectivity index (χ1v) is 14.5. The lowest BCUT2D eigenvalue weighted by molar-refractivity contribution is -0.144. The zero-order valence-corrected chi connectivity index (χ0v) is 24.7. The molecule has 0 aliphatic carbocycles. The van der Waals surface area contributed by atoms with E-state index in [2.05, 4.69) is 4.90 Å². The molecule has 4 aromatic carbocycles. The molecule has 0 spiro atoms. The number of carbonyl (C=O) groups excluding carboxylic acids is 2. The van der Waals surface area contributed by atoms with Crippen molar-refractivity contribution in [2.45, 2.75) is 26.1 Å². The number of benzene rings is 4. The summed E-state index contributed by atoms with van der Waals surface area (Å²) in [6.45, 7) is 3.04. The van der Waals surface area contributed by atoms with E-state index >= 15 is 0 Å². The van der Waals surface area contributed by atoms with E-state index in [0.717, 1.165) is 28.0 Å². The van der Waals surface area contributed by atoms with Gasteiger partial charge in [0, 0.05) is 18.1 Å². The highest BCUT2D eigenvalue weighted by molar-refractivity contribution is 6.34. The molecule has 43 heavy (non-hydrogen) atoms. The summed E-state index contributed by atoms with van der Waals surface area (Å²) in [5, 5.41) is 1.09. The van der Waals surface area contributed by atoms with Crippen LogP contribution in [0.2, 0.25) is 5.02 Å². The molecule has 0 bridgehead atoms. The summed E-state index contributed by atoms with van der Waals surface area (Å²) in [6, 6.07) is 30.0. The van der Waals surface area contributed by atoms with E-state index in [1.54, 1.807) is 22.8 Å². The van der Waals surface area contributed by atoms with Gasteiger partial charge in [0.1, 0.15) is 30.8 Å². The highest BCUT2D eigenvalue weighted by atomic mass is 35.5. The summed E-state index contributed by atoms with van der Waals surface area (Å²) in [5.74, 6) is 0.714. The second kappa shape index (κ2) is 12.2. The van der Waals surface area contributed by atoms with Crippen LogP contribution >= 0.6 is 11.6 Å². The lowest BCUT2D eigenvalue weighted by Crippen LogP contribution is -2.41. The van der Waals surface area contributed by atoms with Crippen molar-refractivity contribution in [3.63, 3.8) is 0 Å². The quantitative estimate of drug-likeness (QED) is 0.183. The fourth-order valence-electron chi connectivity index (χ4n) is 5.50. The van der Waals surface area contributed by atoms with Gasteiger partial charge in [-0.1, -0.05) is 72.3 Å². The Morgan fingerprint density at radius 1 is 0.953 bits per heavy atom. The standard InChI is InChI=1S/C35H31ClN2O5/c1-23-29(19-34(39)42-21-24-10-4-3-5-11-24)27-12-6-7-13-31(27)38(23)35(40)28-17-16-25(18-30(28)36)41-22-26-20-37(2)32-14-8-9-15-33(32)43-26/h3-18,26H,19-22H2,1-2H3/t26-/m0/s1. The van der Waals surface area contributed by atoms with Crippen LogP contribution in [0.5, 0.6) is 11.5 Å². The topological polar surface area (TPSA) is 70.0 Å². The first-order valence-electron chi connectivity index (χ1n) is 14.1. The number of rotatable bonds is 8. The third-order valence-electron chi connectivity index (χ3n) is 7.66. The van der Waals surface area contributed by atoms with Gasteiger partial charge in [0.15, 0.2) is 0 Å². The molecule has 7 nitrogen and oxygen atoms in total. The van der Waals surface area contributed by atoms with Gasteiger partial charge < -0.3 is 19.1 Å². The molecule has 0 N–H and O–H groups in total. The Labute approximate surface area is 255 Å². The van der Waals surface area contributed by atoms with Crippen molar-refractivity contribution in [2.24, 2.45) is 0 Å². The molecule has 1 aliphatic rings.